The molecule has 1 saturated heterocycles. The molecule has 2 N–H and O–H groups in total. The average molecular weight is 397 g/mol. The third-order valence-corrected chi connectivity index (χ3v) is 4.94. The molecule has 1 aliphatic heterocycles. The van der Waals surface area contributed by atoms with Crippen LogP contribution in [0.1, 0.15) is 17.7 Å². The Labute approximate surface area is 134 Å². The minimum atomic E-state index is 0. The van der Waals surface area contributed by atoms with Gasteiger partial charge in [0.2, 0.25) is 0 Å². The third-order valence-electron chi connectivity index (χ3n) is 2.89. The highest BCUT2D eigenvalue weighted by Crippen LogP contribution is 2.20. The predicted octanol–water partition coefficient (Wildman–Crippen LogP) is 2.83. The average Bonchev–Trinajstić information content (AvgIpc) is 2.90. The highest BCUT2D eigenvalue weighted by atomic mass is 127. The van der Waals surface area contributed by atoms with Crippen LogP contribution in [0.25, 0.3) is 0 Å². The largest absolute Gasteiger partial charge is 0.370 e. The number of nitrogens with zero attached hydrogens (tertiary/aromatic N) is 2. The molecule has 0 saturated carbocycles. The first-order valence-electron chi connectivity index (χ1n) is 5.93. The van der Waals surface area contributed by atoms with E-state index in [1.165, 1.54) is 4.88 Å². The van der Waals surface area contributed by atoms with Crippen molar-refractivity contribution in [2.24, 2.45) is 10.7 Å². The summed E-state index contributed by atoms with van der Waals surface area (Å²) in [6.07, 6.45) is 0. The van der Waals surface area contributed by atoms with Crippen LogP contribution >= 0.6 is 47.1 Å². The molecule has 6 heteroatoms. The van der Waals surface area contributed by atoms with Gasteiger partial charge >= 0.3 is 0 Å². The van der Waals surface area contributed by atoms with Gasteiger partial charge in [-0.25, -0.2) is 0 Å². The van der Waals surface area contributed by atoms with E-state index in [0.717, 1.165) is 31.1 Å². The normalized spacial score (nSPS) is 18.3. The first kappa shape index (κ1) is 16.1. The number of rotatable bonds is 3. The molecule has 18 heavy (non-hydrogen) atoms. The molecule has 1 fully saturated rings. The summed E-state index contributed by atoms with van der Waals surface area (Å²) in [5.74, 6) is 3.51. The number of halogens is 1. The Bertz CT molecular complexity index is 361. The monoisotopic (exact) mass is 397 g/mol. The maximum atomic E-state index is 6.02. The lowest BCUT2D eigenvalue weighted by Crippen LogP contribution is -2.42. The molecule has 0 bridgehead atoms. The van der Waals surface area contributed by atoms with Crippen LogP contribution in [0.15, 0.2) is 22.5 Å². The van der Waals surface area contributed by atoms with Crippen LogP contribution in [0.3, 0.4) is 0 Å². The van der Waals surface area contributed by atoms with Crippen molar-refractivity contribution in [1.82, 2.24) is 4.90 Å². The van der Waals surface area contributed by atoms with Crippen LogP contribution in [-0.2, 0) is 0 Å². The highest BCUT2D eigenvalue weighted by Gasteiger charge is 2.13. The molecule has 2 rings (SSSR count). The molecule has 1 aromatic heterocycles. The summed E-state index contributed by atoms with van der Waals surface area (Å²) in [5, 5.41) is 2.11. The fraction of sp³-hybridized carbons (Fsp3) is 0.583. The first-order valence-corrected chi connectivity index (χ1v) is 7.97. The van der Waals surface area contributed by atoms with E-state index in [9.17, 15) is 0 Å². The second kappa shape index (κ2) is 8.27. The SMILES string of the molecule is CC(CN=C(N)N1CCSCC1)c1cccs1.I. The van der Waals surface area contributed by atoms with Crippen molar-refractivity contribution in [3.63, 3.8) is 0 Å². The summed E-state index contributed by atoms with van der Waals surface area (Å²) < 4.78 is 0. The molecule has 0 amide bonds. The molecule has 3 nitrogen and oxygen atoms in total. The van der Waals surface area contributed by atoms with Crippen LogP contribution in [0.2, 0.25) is 0 Å². The number of nitrogens with two attached hydrogens (primary N) is 1. The van der Waals surface area contributed by atoms with E-state index < -0.39 is 0 Å². The van der Waals surface area contributed by atoms with Gasteiger partial charge < -0.3 is 10.6 Å². The van der Waals surface area contributed by atoms with E-state index in [2.05, 4.69) is 34.3 Å². The smallest absolute Gasteiger partial charge is 0.191 e. The van der Waals surface area contributed by atoms with Crippen molar-refractivity contribution in [2.45, 2.75) is 12.8 Å². The molecule has 1 aromatic rings. The van der Waals surface area contributed by atoms with Gasteiger partial charge in [0.1, 0.15) is 0 Å². The lowest BCUT2D eigenvalue weighted by molar-refractivity contribution is 0.455. The summed E-state index contributed by atoms with van der Waals surface area (Å²) in [6, 6.07) is 4.25. The topological polar surface area (TPSA) is 41.6 Å². The van der Waals surface area contributed by atoms with Crippen LogP contribution in [0, 0.1) is 0 Å². The maximum absolute atomic E-state index is 6.02. The first-order chi connectivity index (χ1) is 8.27. The van der Waals surface area contributed by atoms with Crippen LogP contribution in [0.4, 0.5) is 0 Å². The zero-order chi connectivity index (χ0) is 12.1. The van der Waals surface area contributed by atoms with Crippen molar-refractivity contribution < 1.29 is 0 Å². The quantitative estimate of drug-likeness (QED) is 0.485. The van der Waals surface area contributed by atoms with Gasteiger partial charge in [0.15, 0.2) is 5.96 Å². The summed E-state index contributed by atoms with van der Waals surface area (Å²) in [4.78, 5) is 8.10. The van der Waals surface area contributed by atoms with E-state index in [-0.39, 0.29) is 24.0 Å². The number of guanidine groups is 1. The summed E-state index contributed by atoms with van der Waals surface area (Å²) >= 11 is 3.78. The van der Waals surface area contributed by atoms with Crippen LogP contribution in [-0.4, -0.2) is 42.0 Å². The van der Waals surface area contributed by atoms with Crippen molar-refractivity contribution in [3.05, 3.63) is 22.4 Å². The second-order valence-corrected chi connectivity index (χ2v) is 6.42. The molecule has 0 aromatic carbocycles. The molecular weight excluding hydrogens is 377 g/mol. The Morgan fingerprint density at radius 1 is 1.50 bits per heavy atom. The molecule has 1 unspecified atom stereocenters. The van der Waals surface area contributed by atoms with E-state index in [4.69, 9.17) is 5.73 Å². The maximum Gasteiger partial charge on any atom is 0.191 e. The zero-order valence-electron chi connectivity index (χ0n) is 10.5. The number of aliphatic imine (C=N–C) groups is 1. The van der Waals surface area contributed by atoms with Crippen molar-refractivity contribution in [2.75, 3.05) is 31.1 Å². The lowest BCUT2D eigenvalue weighted by Gasteiger charge is -2.27. The van der Waals surface area contributed by atoms with Crippen molar-refractivity contribution in [3.8, 4) is 0 Å². The minimum Gasteiger partial charge on any atom is -0.370 e. The van der Waals surface area contributed by atoms with Gasteiger partial charge in [-0.2, -0.15) is 11.8 Å². The Kier molecular flexibility index (Phi) is 7.40. The van der Waals surface area contributed by atoms with Gasteiger partial charge in [0.05, 0.1) is 6.54 Å². The number of thiophene rings is 1. The van der Waals surface area contributed by atoms with Gasteiger partial charge in [0.25, 0.3) is 0 Å². The lowest BCUT2D eigenvalue weighted by atomic mass is 10.1. The predicted molar refractivity (Wildman–Crippen MR) is 93.5 cm³/mol. The number of thioether (sulfide) groups is 1. The molecule has 2 heterocycles. The Balaban J connectivity index is 0.00000162. The van der Waals surface area contributed by atoms with Gasteiger partial charge in [-0.3, -0.25) is 4.99 Å². The minimum absolute atomic E-state index is 0. The van der Waals surface area contributed by atoms with E-state index >= 15 is 0 Å². The number of hydrogen-bond acceptors (Lipinski definition) is 3. The molecule has 0 radical (unpaired) electrons. The van der Waals surface area contributed by atoms with Gasteiger partial charge in [-0.15, -0.1) is 35.3 Å². The fourth-order valence-corrected chi connectivity index (χ4v) is 3.47. The van der Waals surface area contributed by atoms with Gasteiger partial charge in [-0.05, 0) is 11.4 Å². The Hall–Kier alpha value is 0.0500. The van der Waals surface area contributed by atoms with Gasteiger partial charge in [-0.1, -0.05) is 13.0 Å². The Morgan fingerprint density at radius 2 is 2.22 bits per heavy atom. The molecule has 102 valence electrons. The third kappa shape index (κ3) is 4.62. The molecule has 1 atom stereocenters. The molecular formula is C12H20IN3S2. The molecule has 1 aliphatic rings. The summed E-state index contributed by atoms with van der Waals surface area (Å²) in [6.45, 7) is 5.06. The van der Waals surface area contributed by atoms with Crippen LogP contribution < -0.4 is 5.73 Å². The van der Waals surface area contributed by atoms with E-state index in [1.54, 1.807) is 11.3 Å². The zero-order valence-corrected chi connectivity index (χ0v) is 14.5. The number of hydrogen-bond donors (Lipinski definition) is 1. The fourth-order valence-electron chi connectivity index (χ4n) is 1.78. The standard InChI is InChI=1S/C12H19N3S2.HI/c1-10(11-3-2-6-17-11)9-14-12(13)15-4-7-16-8-5-15;/h2-3,6,10H,4-5,7-9H2,1H3,(H2,13,14);1H. The molecule has 0 aliphatic carbocycles. The second-order valence-electron chi connectivity index (χ2n) is 4.21. The van der Waals surface area contributed by atoms with E-state index in [0.29, 0.717) is 11.9 Å². The van der Waals surface area contributed by atoms with E-state index in [1.807, 2.05) is 11.8 Å². The summed E-state index contributed by atoms with van der Waals surface area (Å²) in [5.41, 5.74) is 6.02. The van der Waals surface area contributed by atoms with Crippen molar-refractivity contribution in [1.29, 1.82) is 0 Å². The van der Waals surface area contributed by atoms with Crippen LogP contribution in [0.5, 0.6) is 0 Å². The van der Waals surface area contributed by atoms with Gasteiger partial charge in [0, 0.05) is 35.4 Å². The Morgan fingerprint density at radius 3 is 2.83 bits per heavy atom. The highest BCUT2D eigenvalue weighted by molar-refractivity contribution is 14.0. The summed E-state index contributed by atoms with van der Waals surface area (Å²) in [7, 11) is 0. The molecule has 0 spiro atoms. The van der Waals surface area contributed by atoms with Crippen molar-refractivity contribution >= 4 is 53.0 Å².